The molecule has 0 bridgehead atoms. The smallest absolute Gasteiger partial charge is 0.0750 e. The summed E-state index contributed by atoms with van der Waals surface area (Å²) in [5.74, 6) is 0.626. The summed E-state index contributed by atoms with van der Waals surface area (Å²) in [6.45, 7) is 8.83. The van der Waals surface area contributed by atoms with Crippen LogP contribution in [-0.4, -0.2) is 37.2 Å². The van der Waals surface area contributed by atoms with Crippen molar-refractivity contribution in [2.24, 2.45) is 5.92 Å². The second-order valence-corrected chi connectivity index (χ2v) is 4.15. The van der Waals surface area contributed by atoms with Gasteiger partial charge < -0.3 is 9.64 Å². The molecule has 0 aromatic heterocycles. The average Bonchev–Trinajstić information content (AvgIpc) is 2.15. The van der Waals surface area contributed by atoms with Crippen molar-refractivity contribution in [2.75, 3.05) is 20.2 Å². The van der Waals surface area contributed by atoms with Gasteiger partial charge in [-0.3, -0.25) is 0 Å². The molecule has 1 saturated heterocycles. The fraction of sp³-hybridized carbons (Fsp3) is 1.00. The molecule has 0 spiro atoms. The van der Waals surface area contributed by atoms with Crippen molar-refractivity contribution >= 4 is 0 Å². The minimum Gasteiger partial charge on any atom is -0.376 e. The predicted molar refractivity (Wildman–Crippen MR) is 51.3 cm³/mol. The van der Waals surface area contributed by atoms with Gasteiger partial charge >= 0.3 is 0 Å². The summed E-state index contributed by atoms with van der Waals surface area (Å²) in [4.78, 5) is 2.40. The van der Waals surface area contributed by atoms with Gasteiger partial charge in [0.1, 0.15) is 0 Å². The van der Waals surface area contributed by atoms with Gasteiger partial charge in [0.15, 0.2) is 0 Å². The minimum atomic E-state index is 0.414. The molecule has 2 nitrogen and oxygen atoms in total. The molecule has 0 amide bonds. The fourth-order valence-electron chi connectivity index (χ4n) is 1.88. The Kier molecular flexibility index (Phi) is 3.53. The van der Waals surface area contributed by atoms with Crippen LogP contribution in [0.15, 0.2) is 0 Å². The zero-order chi connectivity index (χ0) is 9.14. The zero-order valence-electron chi connectivity index (χ0n) is 8.71. The van der Waals surface area contributed by atoms with E-state index in [1.54, 1.807) is 0 Å². The van der Waals surface area contributed by atoms with Gasteiger partial charge in [-0.05, 0) is 26.3 Å². The highest BCUT2D eigenvalue weighted by atomic mass is 16.5. The van der Waals surface area contributed by atoms with Crippen LogP contribution in [0.4, 0.5) is 0 Å². The van der Waals surface area contributed by atoms with E-state index in [4.69, 9.17) is 4.74 Å². The van der Waals surface area contributed by atoms with Crippen molar-refractivity contribution in [2.45, 2.75) is 39.3 Å². The van der Waals surface area contributed by atoms with E-state index < -0.39 is 0 Å². The molecule has 0 aromatic carbocycles. The maximum atomic E-state index is 5.81. The molecule has 0 aromatic rings. The van der Waals surface area contributed by atoms with E-state index in [2.05, 4.69) is 32.7 Å². The highest BCUT2D eigenvalue weighted by Gasteiger charge is 2.26. The number of nitrogens with zero attached hydrogens (tertiary/aromatic N) is 1. The molecular weight excluding hydrogens is 150 g/mol. The second kappa shape index (κ2) is 4.24. The minimum absolute atomic E-state index is 0.414. The van der Waals surface area contributed by atoms with Gasteiger partial charge in [-0.1, -0.05) is 13.8 Å². The first kappa shape index (κ1) is 10.0. The summed E-state index contributed by atoms with van der Waals surface area (Å²) in [5.41, 5.74) is 0. The monoisotopic (exact) mass is 171 g/mol. The summed E-state index contributed by atoms with van der Waals surface area (Å²) in [6, 6.07) is 0.562. The SMILES string of the molecule is CC(C)C1OCCCN(C)C1C. The molecular formula is C10H21NO. The molecule has 0 aliphatic carbocycles. The summed E-state index contributed by atoms with van der Waals surface area (Å²) in [6.07, 6.45) is 1.59. The Morgan fingerprint density at radius 1 is 1.42 bits per heavy atom. The quantitative estimate of drug-likeness (QED) is 0.596. The molecule has 1 rings (SSSR count). The lowest BCUT2D eigenvalue weighted by molar-refractivity contribution is -0.00286. The van der Waals surface area contributed by atoms with Crippen LogP contribution in [0.5, 0.6) is 0 Å². The van der Waals surface area contributed by atoms with Crippen molar-refractivity contribution in [3.63, 3.8) is 0 Å². The molecule has 0 saturated carbocycles. The Hall–Kier alpha value is -0.0800. The maximum Gasteiger partial charge on any atom is 0.0750 e. The average molecular weight is 171 g/mol. The van der Waals surface area contributed by atoms with Crippen LogP contribution < -0.4 is 0 Å². The molecule has 1 fully saturated rings. The summed E-state index contributed by atoms with van der Waals surface area (Å²) in [5, 5.41) is 0. The van der Waals surface area contributed by atoms with E-state index >= 15 is 0 Å². The summed E-state index contributed by atoms with van der Waals surface area (Å²) in [7, 11) is 2.19. The van der Waals surface area contributed by atoms with Crippen molar-refractivity contribution in [1.82, 2.24) is 4.90 Å². The van der Waals surface area contributed by atoms with Gasteiger partial charge in [0, 0.05) is 19.2 Å². The van der Waals surface area contributed by atoms with Crippen LogP contribution in [0.25, 0.3) is 0 Å². The normalized spacial score (nSPS) is 33.8. The molecule has 2 atom stereocenters. The predicted octanol–water partition coefficient (Wildman–Crippen LogP) is 1.75. The van der Waals surface area contributed by atoms with E-state index in [9.17, 15) is 0 Å². The number of hydrogen-bond acceptors (Lipinski definition) is 2. The largest absolute Gasteiger partial charge is 0.376 e. The topological polar surface area (TPSA) is 12.5 Å². The van der Waals surface area contributed by atoms with Gasteiger partial charge in [-0.15, -0.1) is 0 Å². The Labute approximate surface area is 75.9 Å². The second-order valence-electron chi connectivity index (χ2n) is 4.15. The molecule has 12 heavy (non-hydrogen) atoms. The lowest BCUT2D eigenvalue weighted by Crippen LogP contribution is -2.41. The lowest BCUT2D eigenvalue weighted by Gasteiger charge is -2.30. The molecule has 72 valence electrons. The Morgan fingerprint density at radius 3 is 2.67 bits per heavy atom. The van der Waals surface area contributed by atoms with E-state index in [0.717, 1.165) is 6.61 Å². The number of likely N-dealkylation sites (N-methyl/N-ethyl adjacent to an activating group) is 1. The summed E-state index contributed by atoms with van der Waals surface area (Å²) < 4.78 is 5.81. The van der Waals surface area contributed by atoms with Crippen molar-refractivity contribution < 1.29 is 4.74 Å². The molecule has 2 heteroatoms. The maximum absolute atomic E-state index is 5.81. The lowest BCUT2D eigenvalue weighted by atomic mass is 10.0. The van der Waals surface area contributed by atoms with Gasteiger partial charge in [-0.25, -0.2) is 0 Å². The van der Waals surface area contributed by atoms with Gasteiger partial charge in [0.2, 0.25) is 0 Å². The van der Waals surface area contributed by atoms with Gasteiger partial charge in [-0.2, -0.15) is 0 Å². The van der Waals surface area contributed by atoms with Crippen molar-refractivity contribution in [3.8, 4) is 0 Å². The standard InChI is InChI=1S/C10H21NO/c1-8(2)10-9(3)11(4)6-5-7-12-10/h8-10H,5-7H2,1-4H3. The number of ether oxygens (including phenoxy) is 1. The van der Waals surface area contributed by atoms with Crippen molar-refractivity contribution in [1.29, 1.82) is 0 Å². The number of hydrogen-bond donors (Lipinski definition) is 0. The zero-order valence-corrected chi connectivity index (χ0v) is 8.71. The summed E-state index contributed by atoms with van der Waals surface area (Å²) >= 11 is 0. The van der Waals surface area contributed by atoms with Crippen LogP contribution in [0, 0.1) is 5.92 Å². The van der Waals surface area contributed by atoms with Crippen LogP contribution in [-0.2, 0) is 4.74 Å². The highest BCUT2D eigenvalue weighted by Crippen LogP contribution is 2.18. The third kappa shape index (κ3) is 2.20. The van der Waals surface area contributed by atoms with Crippen molar-refractivity contribution in [3.05, 3.63) is 0 Å². The van der Waals surface area contributed by atoms with Crippen LogP contribution >= 0.6 is 0 Å². The first-order chi connectivity index (χ1) is 5.63. The Morgan fingerprint density at radius 2 is 2.08 bits per heavy atom. The first-order valence-corrected chi connectivity index (χ1v) is 4.94. The molecule has 1 aliphatic heterocycles. The van der Waals surface area contributed by atoms with E-state index in [1.807, 2.05) is 0 Å². The van der Waals surface area contributed by atoms with E-state index in [1.165, 1.54) is 13.0 Å². The van der Waals surface area contributed by atoms with Crippen LogP contribution in [0.1, 0.15) is 27.2 Å². The Balaban J connectivity index is 2.58. The molecule has 0 N–H and O–H groups in total. The van der Waals surface area contributed by atoms with E-state index in [-0.39, 0.29) is 0 Å². The van der Waals surface area contributed by atoms with Gasteiger partial charge in [0.25, 0.3) is 0 Å². The van der Waals surface area contributed by atoms with Crippen LogP contribution in [0.2, 0.25) is 0 Å². The number of rotatable bonds is 1. The Bertz CT molecular complexity index is 136. The highest BCUT2D eigenvalue weighted by molar-refractivity contribution is 4.79. The molecule has 1 heterocycles. The molecule has 2 unspecified atom stereocenters. The molecule has 1 aliphatic rings. The first-order valence-electron chi connectivity index (χ1n) is 4.94. The van der Waals surface area contributed by atoms with Gasteiger partial charge in [0.05, 0.1) is 6.10 Å². The van der Waals surface area contributed by atoms with Crippen LogP contribution in [0.3, 0.4) is 0 Å². The fourth-order valence-corrected chi connectivity index (χ4v) is 1.88. The molecule has 0 radical (unpaired) electrons. The third-order valence-electron chi connectivity index (χ3n) is 2.79. The third-order valence-corrected chi connectivity index (χ3v) is 2.79. The van der Waals surface area contributed by atoms with E-state index in [0.29, 0.717) is 18.1 Å².